The van der Waals surface area contributed by atoms with Crippen LogP contribution in [0, 0.1) is 0 Å². The maximum Gasteiger partial charge on any atom is 0.243 e. The van der Waals surface area contributed by atoms with E-state index in [0.29, 0.717) is 6.54 Å². The van der Waals surface area contributed by atoms with E-state index in [4.69, 9.17) is 0 Å². The van der Waals surface area contributed by atoms with Gasteiger partial charge in [-0.2, -0.15) is 4.31 Å². The Kier molecular flexibility index (Phi) is 5.01. The van der Waals surface area contributed by atoms with Crippen LogP contribution in [0.4, 0.5) is 0 Å². The first-order chi connectivity index (χ1) is 9.39. The quantitative estimate of drug-likeness (QED) is 0.751. The van der Waals surface area contributed by atoms with E-state index in [1.807, 2.05) is 24.3 Å². The highest BCUT2D eigenvalue weighted by Gasteiger charge is 2.21. The molecule has 0 aliphatic carbocycles. The summed E-state index contributed by atoms with van der Waals surface area (Å²) in [5, 5.41) is 0. The van der Waals surface area contributed by atoms with Crippen LogP contribution >= 0.6 is 31.9 Å². The van der Waals surface area contributed by atoms with Gasteiger partial charge in [-0.3, -0.25) is 0 Å². The predicted molar refractivity (Wildman–Crippen MR) is 86.9 cm³/mol. The lowest BCUT2D eigenvalue weighted by atomic mass is 10.2. The lowest BCUT2D eigenvalue weighted by Gasteiger charge is -2.17. The smallest absolute Gasteiger partial charge is 0.207 e. The van der Waals surface area contributed by atoms with Crippen LogP contribution in [0.5, 0.6) is 0 Å². The van der Waals surface area contributed by atoms with Crippen LogP contribution in [0.2, 0.25) is 0 Å². The van der Waals surface area contributed by atoms with Crippen molar-refractivity contribution in [3.05, 3.63) is 63.0 Å². The summed E-state index contributed by atoms with van der Waals surface area (Å²) in [6.45, 7) is 0.328. The van der Waals surface area contributed by atoms with Gasteiger partial charge in [-0.25, -0.2) is 8.42 Å². The Labute approximate surface area is 135 Å². The van der Waals surface area contributed by atoms with E-state index in [1.54, 1.807) is 31.3 Å². The van der Waals surface area contributed by atoms with E-state index < -0.39 is 10.0 Å². The summed E-state index contributed by atoms with van der Waals surface area (Å²) in [6.07, 6.45) is 0. The summed E-state index contributed by atoms with van der Waals surface area (Å²) in [5.41, 5.74) is 0.931. The van der Waals surface area contributed by atoms with Crippen LogP contribution in [-0.2, 0) is 16.6 Å². The van der Waals surface area contributed by atoms with Crippen molar-refractivity contribution in [3.8, 4) is 0 Å². The second-order valence-electron chi connectivity index (χ2n) is 4.35. The van der Waals surface area contributed by atoms with E-state index in [2.05, 4.69) is 31.9 Å². The Morgan fingerprint density at radius 3 is 2.20 bits per heavy atom. The number of hydrogen-bond donors (Lipinski definition) is 0. The molecule has 0 aliphatic rings. The molecule has 2 rings (SSSR count). The van der Waals surface area contributed by atoms with Crippen molar-refractivity contribution >= 4 is 41.9 Å². The Morgan fingerprint density at radius 2 is 1.60 bits per heavy atom. The molecule has 0 radical (unpaired) electrons. The third kappa shape index (κ3) is 3.69. The zero-order valence-electron chi connectivity index (χ0n) is 10.8. The van der Waals surface area contributed by atoms with Crippen molar-refractivity contribution in [2.75, 3.05) is 7.05 Å². The molecule has 0 saturated heterocycles. The van der Waals surface area contributed by atoms with Gasteiger partial charge in [0, 0.05) is 22.5 Å². The highest BCUT2D eigenvalue weighted by Crippen LogP contribution is 2.21. The molecule has 106 valence electrons. The third-order valence-corrected chi connectivity index (χ3v) is 5.58. The first kappa shape index (κ1) is 15.7. The van der Waals surface area contributed by atoms with Crippen molar-refractivity contribution in [1.82, 2.24) is 4.31 Å². The molecule has 3 nitrogen and oxygen atoms in total. The highest BCUT2D eigenvalue weighted by molar-refractivity contribution is 9.10. The van der Waals surface area contributed by atoms with Gasteiger partial charge in [0.05, 0.1) is 4.90 Å². The van der Waals surface area contributed by atoms with E-state index in [9.17, 15) is 8.42 Å². The van der Waals surface area contributed by atoms with Crippen LogP contribution in [0.1, 0.15) is 5.56 Å². The number of hydrogen-bond acceptors (Lipinski definition) is 2. The normalized spacial score (nSPS) is 11.8. The molecule has 0 heterocycles. The van der Waals surface area contributed by atoms with Gasteiger partial charge in [-0.1, -0.05) is 50.1 Å². The highest BCUT2D eigenvalue weighted by atomic mass is 79.9. The van der Waals surface area contributed by atoms with E-state index in [0.717, 1.165) is 14.5 Å². The second kappa shape index (κ2) is 6.39. The van der Waals surface area contributed by atoms with Gasteiger partial charge in [0.25, 0.3) is 0 Å². The summed E-state index contributed by atoms with van der Waals surface area (Å²) in [5.74, 6) is 0. The minimum atomic E-state index is -3.48. The Bertz CT molecular complexity index is 717. The third-order valence-electron chi connectivity index (χ3n) is 2.80. The number of benzene rings is 2. The number of rotatable bonds is 4. The SMILES string of the molecule is CN(Cc1cccc(Br)c1)S(=O)(=O)c1cccc(Br)c1. The van der Waals surface area contributed by atoms with Crippen molar-refractivity contribution in [1.29, 1.82) is 0 Å². The molecule has 2 aromatic rings. The first-order valence-electron chi connectivity index (χ1n) is 5.86. The standard InChI is InChI=1S/C14H13Br2NO2S/c1-17(10-11-4-2-5-12(15)8-11)20(18,19)14-7-3-6-13(16)9-14/h2-9H,10H2,1H3. The van der Waals surface area contributed by atoms with Crippen LogP contribution in [0.15, 0.2) is 62.4 Å². The monoisotopic (exact) mass is 417 g/mol. The van der Waals surface area contributed by atoms with Gasteiger partial charge in [0.15, 0.2) is 0 Å². The Balaban J connectivity index is 2.26. The maximum absolute atomic E-state index is 12.5. The molecule has 20 heavy (non-hydrogen) atoms. The molecule has 0 spiro atoms. The van der Waals surface area contributed by atoms with Gasteiger partial charge < -0.3 is 0 Å². The predicted octanol–water partition coefficient (Wildman–Crippen LogP) is 4.03. The average Bonchev–Trinajstić information content (AvgIpc) is 2.38. The van der Waals surface area contributed by atoms with Gasteiger partial charge >= 0.3 is 0 Å². The Morgan fingerprint density at radius 1 is 1.00 bits per heavy atom. The molecule has 6 heteroatoms. The van der Waals surface area contributed by atoms with Crippen LogP contribution in [0.3, 0.4) is 0 Å². The summed E-state index contributed by atoms with van der Waals surface area (Å²) in [7, 11) is -1.90. The minimum Gasteiger partial charge on any atom is -0.207 e. The number of halogens is 2. The molecular formula is C14H13Br2NO2S. The van der Waals surface area contributed by atoms with Crippen LogP contribution < -0.4 is 0 Å². The summed E-state index contributed by atoms with van der Waals surface area (Å²) >= 11 is 6.67. The molecule has 0 saturated carbocycles. The molecule has 0 aliphatic heterocycles. The summed E-state index contributed by atoms with van der Waals surface area (Å²) < 4.78 is 28.0. The van der Waals surface area contributed by atoms with E-state index in [1.165, 1.54) is 4.31 Å². The van der Waals surface area contributed by atoms with E-state index in [-0.39, 0.29) is 4.90 Å². The van der Waals surface area contributed by atoms with Crippen LogP contribution in [-0.4, -0.2) is 19.8 Å². The molecule has 0 bridgehead atoms. The molecule has 0 unspecified atom stereocenters. The Hall–Kier alpha value is -0.690. The minimum absolute atomic E-state index is 0.282. The molecule has 0 aromatic heterocycles. The van der Waals surface area contributed by atoms with Crippen molar-refractivity contribution in [2.45, 2.75) is 11.4 Å². The van der Waals surface area contributed by atoms with Gasteiger partial charge in [-0.05, 0) is 35.9 Å². The summed E-state index contributed by atoms with van der Waals surface area (Å²) in [4.78, 5) is 0.282. The molecule has 2 aromatic carbocycles. The van der Waals surface area contributed by atoms with Gasteiger partial charge in [0.1, 0.15) is 0 Å². The van der Waals surface area contributed by atoms with Gasteiger partial charge in [0.2, 0.25) is 10.0 Å². The molecule has 0 amide bonds. The average molecular weight is 419 g/mol. The zero-order chi connectivity index (χ0) is 14.8. The van der Waals surface area contributed by atoms with Gasteiger partial charge in [-0.15, -0.1) is 0 Å². The molecular weight excluding hydrogens is 406 g/mol. The molecule has 0 fully saturated rings. The molecule has 0 atom stereocenters. The number of sulfonamides is 1. The van der Waals surface area contributed by atoms with E-state index >= 15 is 0 Å². The zero-order valence-corrected chi connectivity index (χ0v) is 14.7. The van der Waals surface area contributed by atoms with Crippen molar-refractivity contribution in [3.63, 3.8) is 0 Å². The fourth-order valence-corrected chi connectivity index (χ4v) is 3.99. The fourth-order valence-electron chi connectivity index (χ4n) is 1.78. The lowest BCUT2D eigenvalue weighted by molar-refractivity contribution is 0.466. The lowest BCUT2D eigenvalue weighted by Crippen LogP contribution is -2.26. The summed E-state index contributed by atoms with van der Waals surface area (Å²) in [6, 6.07) is 14.3. The fraction of sp³-hybridized carbons (Fsp3) is 0.143. The second-order valence-corrected chi connectivity index (χ2v) is 8.22. The largest absolute Gasteiger partial charge is 0.243 e. The van der Waals surface area contributed by atoms with Crippen molar-refractivity contribution in [2.24, 2.45) is 0 Å². The van der Waals surface area contributed by atoms with Crippen LogP contribution in [0.25, 0.3) is 0 Å². The molecule has 0 N–H and O–H groups in total. The number of nitrogens with zero attached hydrogens (tertiary/aromatic N) is 1. The van der Waals surface area contributed by atoms with Crippen molar-refractivity contribution < 1.29 is 8.42 Å². The topological polar surface area (TPSA) is 37.4 Å². The first-order valence-corrected chi connectivity index (χ1v) is 8.88. The maximum atomic E-state index is 12.5.